The Hall–Kier alpha value is -3.09. The van der Waals surface area contributed by atoms with Crippen molar-refractivity contribution in [1.82, 2.24) is 5.32 Å². The molecule has 0 radical (unpaired) electrons. The zero-order chi connectivity index (χ0) is 17.0. The van der Waals surface area contributed by atoms with Crippen molar-refractivity contribution in [3.8, 4) is 28.7 Å². The van der Waals surface area contributed by atoms with Crippen LogP contribution in [-0.2, 0) is 6.54 Å². The fourth-order valence-corrected chi connectivity index (χ4v) is 2.01. The van der Waals surface area contributed by atoms with Gasteiger partial charge >= 0.3 is 0 Å². The zero-order valence-corrected chi connectivity index (χ0v) is 12.7. The summed E-state index contributed by atoms with van der Waals surface area (Å²) in [5.74, 6) is -1.19. The number of hydrogen-bond acceptors (Lipinski definition) is 6. The van der Waals surface area contributed by atoms with Crippen LogP contribution in [0.25, 0.3) is 0 Å². The summed E-state index contributed by atoms with van der Waals surface area (Å²) in [5, 5.41) is 30.8. The second-order valence-corrected chi connectivity index (χ2v) is 4.74. The minimum Gasteiger partial charge on any atom is -0.504 e. The van der Waals surface area contributed by atoms with Gasteiger partial charge < -0.3 is 30.1 Å². The first-order chi connectivity index (χ1) is 11.0. The first-order valence-electron chi connectivity index (χ1n) is 6.70. The smallest absolute Gasteiger partial charge is 0.251 e. The van der Waals surface area contributed by atoms with E-state index < -0.39 is 23.2 Å². The van der Waals surface area contributed by atoms with Crippen LogP contribution in [0.5, 0.6) is 28.7 Å². The lowest BCUT2D eigenvalue weighted by atomic mass is 10.1. The number of carbonyl (C=O) groups excluding carboxylic acids is 1. The lowest BCUT2D eigenvalue weighted by Crippen LogP contribution is -2.22. The molecule has 0 saturated heterocycles. The minimum atomic E-state index is -0.665. The fourth-order valence-electron chi connectivity index (χ4n) is 2.01. The molecule has 2 aromatic rings. The summed E-state index contributed by atoms with van der Waals surface area (Å²) in [4.78, 5) is 12.0. The molecular weight excluding hydrogens is 302 g/mol. The number of hydrogen-bond donors (Lipinski definition) is 4. The van der Waals surface area contributed by atoms with Crippen molar-refractivity contribution in [3.63, 3.8) is 0 Å². The van der Waals surface area contributed by atoms with Crippen molar-refractivity contribution in [3.05, 3.63) is 41.5 Å². The highest BCUT2D eigenvalue weighted by Gasteiger charge is 2.13. The maximum atomic E-state index is 12.0. The molecule has 0 saturated carbocycles. The van der Waals surface area contributed by atoms with Gasteiger partial charge in [-0.3, -0.25) is 4.79 Å². The molecule has 0 aromatic heterocycles. The zero-order valence-electron chi connectivity index (χ0n) is 12.7. The van der Waals surface area contributed by atoms with E-state index >= 15 is 0 Å². The molecule has 0 aliphatic rings. The van der Waals surface area contributed by atoms with E-state index in [9.17, 15) is 20.1 Å². The molecule has 0 heterocycles. The Balaban J connectivity index is 2.10. The third-order valence-corrected chi connectivity index (χ3v) is 3.23. The second-order valence-electron chi connectivity index (χ2n) is 4.74. The molecule has 0 aliphatic heterocycles. The van der Waals surface area contributed by atoms with Gasteiger partial charge in [-0.15, -0.1) is 0 Å². The van der Waals surface area contributed by atoms with Gasteiger partial charge in [-0.1, -0.05) is 6.07 Å². The van der Waals surface area contributed by atoms with Crippen LogP contribution in [0.1, 0.15) is 15.9 Å². The average Bonchev–Trinajstić information content (AvgIpc) is 2.56. The van der Waals surface area contributed by atoms with Crippen molar-refractivity contribution in [2.75, 3.05) is 14.2 Å². The number of rotatable bonds is 5. The number of phenolic OH excluding ortho intramolecular Hbond substituents is 3. The van der Waals surface area contributed by atoms with Crippen LogP contribution in [0, 0.1) is 0 Å². The minimum absolute atomic E-state index is 0.0262. The second kappa shape index (κ2) is 6.78. The molecule has 122 valence electrons. The molecule has 0 spiro atoms. The van der Waals surface area contributed by atoms with Gasteiger partial charge in [-0.05, 0) is 29.8 Å². The van der Waals surface area contributed by atoms with Crippen LogP contribution in [0.3, 0.4) is 0 Å². The lowest BCUT2D eigenvalue weighted by molar-refractivity contribution is 0.0950. The number of nitrogens with one attached hydrogen (secondary N) is 1. The van der Waals surface area contributed by atoms with E-state index in [0.717, 1.165) is 17.7 Å². The van der Waals surface area contributed by atoms with Gasteiger partial charge in [0, 0.05) is 12.1 Å². The molecule has 2 rings (SSSR count). The van der Waals surface area contributed by atoms with Gasteiger partial charge in [0.15, 0.2) is 28.7 Å². The van der Waals surface area contributed by atoms with Crippen LogP contribution in [-0.4, -0.2) is 35.4 Å². The number of amides is 1. The van der Waals surface area contributed by atoms with E-state index in [-0.39, 0.29) is 12.1 Å². The summed E-state index contributed by atoms with van der Waals surface area (Å²) in [6.45, 7) is 0.210. The highest BCUT2D eigenvalue weighted by molar-refractivity contribution is 5.95. The molecule has 23 heavy (non-hydrogen) atoms. The van der Waals surface area contributed by atoms with Gasteiger partial charge in [0.25, 0.3) is 5.91 Å². The molecule has 7 nitrogen and oxygen atoms in total. The molecule has 4 N–H and O–H groups in total. The van der Waals surface area contributed by atoms with E-state index in [1.807, 2.05) is 0 Å². The van der Waals surface area contributed by atoms with E-state index in [1.165, 1.54) is 14.2 Å². The highest BCUT2D eigenvalue weighted by Crippen LogP contribution is 2.35. The Kier molecular flexibility index (Phi) is 4.80. The monoisotopic (exact) mass is 319 g/mol. The van der Waals surface area contributed by atoms with Crippen molar-refractivity contribution in [2.24, 2.45) is 0 Å². The Labute approximate surface area is 132 Å². The Morgan fingerprint density at radius 2 is 1.61 bits per heavy atom. The van der Waals surface area contributed by atoms with E-state index in [2.05, 4.69) is 5.32 Å². The Morgan fingerprint density at radius 1 is 1.00 bits per heavy atom. The quantitative estimate of drug-likeness (QED) is 0.625. The van der Waals surface area contributed by atoms with Crippen LogP contribution in [0.2, 0.25) is 0 Å². The first kappa shape index (κ1) is 16.3. The van der Waals surface area contributed by atoms with Crippen LogP contribution in [0.4, 0.5) is 0 Å². The van der Waals surface area contributed by atoms with Gasteiger partial charge in [-0.2, -0.15) is 0 Å². The third-order valence-electron chi connectivity index (χ3n) is 3.23. The molecule has 0 unspecified atom stereocenters. The molecule has 2 aromatic carbocycles. The Bertz CT molecular complexity index is 706. The summed E-state index contributed by atoms with van der Waals surface area (Å²) in [7, 11) is 3.05. The number of benzene rings is 2. The van der Waals surface area contributed by atoms with Gasteiger partial charge in [-0.25, -0.2) is 0 Å². The largest absolute Gasteiger partial charge is 0.504 e. The molecular formula is C16H17NO6. The molecule has 0 aliphatic carbocycles. The van der Waals surface area contributed by atoms with Crippen molar-refractivity contribution >= 4 is 5.91 Å². The number of ether oxygens (including phenoxy) is 2. The normalized spacial score (nSPS) is 10.2. The van der Waals surface area contributed by atoms with Crippen LogP contribution >= 0.6 is 0 Å². The van der Waals surface area contributed by atoms with Gasteiger partial charge in [0.1, 0.15) is 0 Å². The maximum absolute atomic E-state index is 12.0. The average molecular weight is 319 g/mol. The molecule has 0 atom stereocenters. The summed E-state index contributed by atoms with van der Waals surface area (Å²) in [6.07, 6.45) is 0. The number of methoxy groups -OCH3 is 2. The SMILES string of the molecule is COc1ccc(CNC(=O)c2cc(O)c(O)c(O)c2)cc1OC. The summed E-state index contributed by atoms with van der Waals surface area (Å²) in [5.41, 5.74) is 0.807. The van der Waals surface area contributed by atoms with Crippen LogP contribution < -0.4 is 14.8 Å². The number of phenols is 3. The van der Waals surface area contributed by atoms with Crippen molar-refractivity contribution in [2.45, 2.75) is 6.54 Å². The van der Waals surface area contributed by atoms with Crippen molar-refractivity contribution in [1.29, 1.82) is 0 Å². The predicted octanol–water partition coefficient (Wildman–Crippen LogP) is 1.75. The number of aromatic hydroxyl groups is 3. The van der Waals surface area contributed by atoms with E-state index in [1.54, 1.807) is 18.2 Å². The molecule has 1 amide bonds. The summed E-state index contributed by atoms with van der Waals surface area (Å²) < 4.78 is 10.3. The Morgan fingerprint density at radius 3 is 2.17 bits per heavy atom. The highest BCUT2D eigenvalue weighted by atomic mass is 16.5. The molecule has 0 bridgehead atoms. The molecule has 7 heteroatoms. The predicted molar refractivity (Wildman–Crippen MR) is 82.2 cm³/mol. The topological polar surface area (TPSA) is 108 Å². The van der Waals surface area contributed by atoms with Crippen molar-refractivity contribution < 1.29 is 29.6 Å². The van der Waals surface area contributed by atoms with Crippen LogP contribution in [0.15, 0.2) is 30.3 Å². The fraction of sp³-hybridized carbons (Fsp3) is 0.188. The van der Waals surface area contributed by atoms with E-state index in [0.29, 0.717) is 11.5 Å². The molecule has 0 fully saturated rings. The van der Waals surface area contributed by atoms with E-state index in [4.69, 9.17) is 9.47 Å². The lowest BCUT2D eigenvalue weighted by Gasteiger charge is -2.11. The number of carbonyl (C=O) groups is 1. The standard InChI is InChI=1S/C16H17NO6/c1-22-13-4-3-9(5-14(13)23-2)8-17-16(21)10-6-11(18)15(20)12(19)7-10/h3-7,18-20H,8H2,1-2H3,(H,17,21). The van der Waals surface area contributed by atoms with Gasteiger partial charge in [0.05, 0.1) is 14.2 Å². The third kappa shape index (κ3) is 3.57. The van der Waals surface area contributed by atoms with Gasteiger partial charge in [0.2, 0.25) is 0 Å². The maximum Gasteiger partial charge on any atom is 0.251 e. The first-order valence-corrected chi connectivity index (χ1v) is 6.70. The summed E-state index contributed by atoms with van der Waals surface area (Å²) >= 11 is 0. The summed E-state index contributed by atoms with van der Waals surface area (Å²) in [6, 6.07) is 7.36.